The van der Waals surface area contributed by atoms with E-state index < -0.39 is 0 Å². The summed E-state index contributed by atoms with van der Waals surface area (Å²) in [7, 11) is 0. The SMILES string of the molecule is SCc1cc2c(Cl)cccc2o1. The fraction of sp³-hybridized carbons (Fsp3) is 0.111. The van der Waals surface area contributed by atoms with Gasteiger partial charge in [-0.25, -0.2) is 0 Å². The predicted octanol–water partition coefficient (Wildman–Crippen LogP) is 3.52. The lowest BCUT2D eigenvalue weighted by atomic mass is 10.2. The van der Waals surface area contributed by atoms with Crippen LogP contribution in [-0.4, -0.2) is 0 Å². The van der Waals surface area contributed by atoms with E-state index in [1.54, 1.807) is 0 Å². The molecule has 0 radical (unpaired) electrons. The van der Waals surface area contributed by atoms with Crippen molar-refractivity contribution in [1.82, 2.24) is 0 Å². The van der Waals surface area contributed by atoms with E-state index in [9.17, 15) is 0 Å². The molecule has 0 spiro atoms. The number of hydrogen-bond donors (Lipinski definition) is 1. The van der Waals surface area contributed by atoms with Crippen molar-refractivity contribution in [3.8, 4) is 0 Å². The number of hydrogen-bond acceptors (Lipinski definition) is 2. The smallest absolute Gasteiger partial charge is 0.135 e. The van der Waals surface area contributed by atoms with Crippen LogP contribution in [0.4, 0.5) is 0 Å². The molecule has 1 heterocycles. The molecule has 0 atom stereocenters. The molecule has 0 aliphatic heterocycles. The summed E-state index contributed by atoms with van der Waals surface area (Å²) in [6, 6.07) is 7.54. The minimum absolute atomic E-state index is 0.602. The Balaban J connectivity index is 2.74. The van der Waals surface area contributed by atoms with Crippen LogP contribution in [0.25, 0.3) is 11.0 Å². The average molecular weight is 199 g/mol. The lowest BCUT2D eigenvalue weighted by Gasteiger charge is -1.88. The van der Waals surface area contributed by atoms with E-state index in [2.05, 4.69) is 12.6 Å². The molecule has 0 fully saturated rings. The Bertz CT molecular complexity index is 408. The van der Waals surface area contributed by atoms with E-state index in [1.165, 1.54) is 0 Å². The molecule has 0 saturated heterocycles. The van der Waals surface area contributed by atoms with Gasteiger partial charge >= 0.3 is 0 Å². The molecule has 0 unspecified atom stereocenters. The van der Waals surface area contributed by atoms with E-state index in [0.29, 0.717) is 5.75 Å². The second-order valence-electron chi connectivity index (χ2n) is 2.52. The second kappa shape index (κ2) is 3.04. The van der Waals surface area contributed by atoms with Crippen LogP contribution in [0.15, 0.2) is 28.7 Å². The molecule has 1 aromatic carbocycles. The standard InChI is InChI=1S/C9H7ClOS/c10-8-2-1-3-9-7(8)4-6(5-12)11-9/h1-4,12H,5H2. The summed E-state index contributed by atoms with van der Waals surface area (Å²) in [6.07, 6.45) is 0. The van der Waals surface area contributed by atoms with Gasteiger partial charge in [0, 0.05) is 11.1 Å². The molecule has 12 heavy (non-hydrogen) atoms. The topological polar surface area (TPSA) is 13.1 Å². The lowest BCUT2D eigenvalue weighted by Crippen LogP contribution is -1.64. The molecule has 3 heteroatoms. The van der Waals surface area contributed by atoms with Gasteiger partial charge in [0.05, 0.1) is 5.02 Å². The van der Waals surface area contributed by atoms with Crippen molar-refractivity contribution in [3.63, 3.8) is 0 Å². The van der Waals surface area contributed by atoms with E-state index in [-0.39, 0.29) is 0 Å². The van der Waals surface area contributed by atoms with Crippen molar-refractivity contribution in [2.75, 3.05) is 0 Å². The van der Waals surface area contributed by atoms with Gasteiger partial charge in [0.25, 0.3) is 0 Å². The molecule has 0 N–H and O–H groups in total. The summed E-state index contributed by atoms with van der Waals surface area (Å²) in [4.78, 5) is 0. The third-order valence-electron chi connectivity index (χ3n) is 1.72. The van der Waals surface area contributed by atoms with Gasteiger partial charge < -0.3 is 4.42 Å². The second-order valence-corrected chi connectivity index (χ2v) is 3.25. The fourth-order valence-electron chi connectivity index (χ4n) is 1.16. The van der Waals surface area contributed by atoms with E-state index in [0.717, 1.165) is 21.8 Å². The maximum Gasteiger partial charge on any atom is 0.135 e. The van der Waals surface area contributed by atoms with Gasteiger partial charge in [-0.1, -0.05) is 17.7 Å². The van der Waals surface area contributed by atoms with Crippen molar-refractivity contribution in [2.45, 2.75) is 5.75 Å². The quantitative estimate of drug-likeness (QED) is 0.692. The Morgan fingerprint density at radius 2 is 2.25 bits per heavy atom. The number of halogens is 1. The Kier molecular flexibility index (Phi) is 2.03. The summed E-state index contributed by atoms with van der Waals surface area (Å²) < 4.78 is 5.44. The van der Waals surface area contributed by atoms with Gasteiger partial charge in [-0.3, -0.25) is 0 Å². The first-order valence-electron chi connectivity index (χ1n) is 3.59. The van der Waals surface area contributed by atoms with Gasteiger partial charge in [0.15, 0.2) is 0 Å². The fourth-order valence-corrected chi connectivity index (χ4v) is 1.53. The minimum Gasteiger partial charge on any atom is -0.460 e. The highest BCUT2D eigenvalue weighted by Crippen LogP contribution is 2.26. The molecule has 0 bridgehead atoms. The van der Waals surface area contributed by atoms with Gasteiger partial charge in [-0.2, -0.15) is 12.6 Å². The highest BCUT2D eigenvalue weighted by molar-refractivity contribution is 7.79. The van der Waals surface area contributed by atoms with Crippen molar-refractivity contribution in [2.24, 2.45) is 0 Å². The first-order valence-corrected chi connectivity index (χ1v) is 4.60. The first-order chi connectivity index (χ1) is 5.81. The molecule has 0 amide bonds. The van der Waals surface area contributed by atoms with Crippen LogP contribution >= 0.6 is 24.2 Å². The Labute approximate surface area is 80.7 Å². The monoisotopic (exact) mass is 198 g/mol. The number of benzene rings is 1. The van der Waals surface area contributed by atoms with Crippen LogP contribution in [0.1, 0.15) is 5.76 Å². The van der Waals surface area contributed by atoms with Crippen LogP contribution in [-0.2, 0) is 5.75 Å². The molecule has 0 aliphatic carbocycles. The van der Waals surface area contributed by atoms with Crippen molar-refractivity contribution < 1.29 is 4.42 Å². The third-order valence-corrected chi connectivity index (χ3v) is 2.36. The molecule has 1 aromatic heterocycles. The van der Waals surface area contributed by atoms with Gasteiger partial charge in [-0.05, 0) is 18.2 Å². The van der Waals surface area contributed by atoms with E-state index in [4.69, 9.17) is 16.0 Å². The highest BCUT2D eigenvalue weighted by atomic mass is 35.5. The Hall–Kier alpha value is -0.600. The molecular weight excluding hydrogens is 192 g/mol. The molecule has 2 aromatic rings. The summed E-state index contributed by atoms with van der Waals surface area (Å²) in [5.41, 5.74) is 0.826. The molecule has 62 valence electrons. The number of thiol groups is 1. The van der Waals surface area contributed by atoms with Crippen molar-refractivity contribution in [3.05, 3.63) is 35.0 Å². The molecular formula is C9H7ClOS. The van der Waals surface area contributed by atoms with Crippen LogP contribution in [0.5, 0.6) is 0 Å². The molecule has 2 rings (SSSR count). The van der Waals surface area contributed by atoms with Gasteiger partial charge in [0.2, 0.25) is 0 Å². The predicted molar refractivity (Wildman–Crippen MR) is 53.9 cm³/mol. The van der Waals surface area contributed by atoms with E-state index in [1.807, 2.05) is 24.3 Å². The van der Waals surface area contributed by atoms with Crippen molar-refractivity contribution >= 4 is 35.2 Å². The average Bonchev–Trinajstić information content (AvgIpc) is 2.49. The summed E-state index contributed by atoms with van der Waals surface area (Å²) in [5, 5.41) is 1.69. The highest BCUT2D eigenvalue weighted by Gasteiger charge is 2.04. The number of fused-ring (bicyclic) bond motifs is 1. The Morgan fingerprint density at radius 3 is 2.92 bits per heavy atom. The normalized spacial score (nSPS) is 10.8. The maximum atomic E-state index is 5.94. The number of rotatable bonds is 1. The van der Waals surface area contributed by atoms with Crippen LogP contribution in [0.3, 0.4) is 0 Å². The Morgan fingerprint density at radius 1 is 1.42 bits per heavy atom. The zero-order chi connectivity index (χ0) is 8.55. The van der Waals surface area contributed by atoms with Crippen LogP contribution in [0, 0.1) is 0 Å². The van der Waals surface area contributed by atoms with Gasteiger partial charge in [0.1, 0.15) is 11.3 Å². The van der Waals surface area contributed by atoms with Gasteiger partial charge in [-0.15, -0.1) is 0 Å². The van der Waals surface area contributed by atoms with Crippen LogP contribution < -0.4 is 0 Å². The zero-order valence-electron chi connectivity index (χ0n) is 6.25. The lowest BCUT2D eigenvalue weighted by molar-refractivity contribution is 0.574. The summed E-state index contributed by atoms with van der Waals surface area (Å²) in [5.74, 6) is 1.45. The van der Waals surface area contributed by atoms with E-state index >= 15 is 0 Å². The number of furan rings is 1. The molecule has 0 saturated carbocycles. The summed E-state index contributed by atoms with van der Waals surface area (Å²) >= 11 is 10.1. The minimum atomic E-state index is 0.602. The van der Waals surface area contributed by atoms with Crippen molar-refractivity contribution in [1.29, 1.82) is 0 Å². The van der Waals surface area contributed by atoms with Crippen LogP contribution in [0.2, 0.25) is 5.02 Å². The zero-order valence-corrected chi connectivity index (χ0v) is 7.90. The largest absolute Gasteiger partial charge is 0.460 e. The molecule has 0 aliphatic rings. The first kappa shape index (κ1) is 8.02. The summed E-state index contributed by atoms with van der Waals surface area (Å²) in [6.45, 7) is 0. The maximum absolute atomic E-state index is 5.94. The third kappa shape index (κ3) is 1.21. The molecule has 1 nitrogen and oxygen atoms in total.